The minimum absolute atomic E-state index is 0.0698. The summed E-state index contributed by atoms with van der Waals surface area (Å²) in [6.45, 7) is 8.46. The Kier molecular flexibility index (Phi) is 11.9. The quantitative estimate of drug-likeness (QED) is 0.152. The number of hydrogen-bond donors (Lipinski definition) is 0. The summed E-state index contributed by atoms with van der Waals surface area (Å²) in [6.07, 6.45) is -4.78. The van der Waals surface area contributed by atoms with Crippen LogP contribution in [0.5, 0.6) is 0 Å². The van der Waals surface area contributed by atoms with Gasteiger partial charge in [0.05, 0.1) is 62.3 Å². The summed E-state index contributed by atoms with van der Waals surface area (Å²) in [7, 11) is 0. The number of rotatable bonds is 8. The van der Waals surface area contributed by atoms with Crippen molar-refractivity contribution in [1.82, 2.24) is 9.13 Å². The number of hydrogen-bond acceptors (Lipinski definition) is 2. The summed E-state index contributed by atoms with van der Waals surface area (Å²) in [6, 6.07) is 78.7. The standard InChI is InChI=1S/C73H49F3N4/c1-44-13-5-9-17-55(44)50-23-30-69-62(37-50)63-38-51(56-18-10-6-14-45(56)2)24-31-70(63)79(69)67-29-22-48(42-77)35-60(67)61-41-54(59-28-21-49(43-78)36-66(59)73(74,75)76)27-34-68(61)80-71-32-25-52(57-19-11-7-15-46(57)3)39-64(71)65-40-53(26-33-72(65)80)58-20-12-8-16-47(58)4/h5-41H,1-4H3. The van der Waals surface area contributed by atoms with Crippen molar-refractivity contribution < 1.29 is 13.2 Å². The van der Waals surface area contributed by atoms with Crippen molar-refractivity contribution in [2.24, 2.45) is 0 Å². The van der Waals surface area contributed by atoms with Crippen LogP contribution in [0.25, 0.3) is 122 Å². The van der Waals surface area contributed by atoms with Gasteiger partial charge in [0.1, 0.15) is 0 Å². The Morgan fingerprint density at radius 2 is 0.625 bits per heavy atom. The lowest BCUT2D eigenvalue weighted by atomic mass is 9.92. The molecule has 0 aliphatic rings. The molecule has 80 heavy (non-hydrogen) atoms. The van der Waals surface area contributed by atoms with Gasteiger partial charge in [0.25, 0.3) is 0 Å². The Bertz CT molecular complexity index is 4580. The molecule has 0 bridgehead atoms. The van der Waals surface area contributed by atoms with Gasteiger partial charge in [-0.2, -0.15) is 23.7 Å². The molecule has 382 valence electrons. The van der Waals surface area contributed by atoms with E-state index in [1.807, 2.05) is 72.8 Å². The largest absolute Gasteiger partial charge is 0.417 e. The van der Waals surface area contributed by atoms with E-state index in [2.05, 4.69) is 176 Å². The van der Waals surface area contributed by atoms with Crippen LogP contribution in [0.4, 0.5) is 13.2 Å². The second-order valence-electron chi connectivity index (χ2n) is 20.8. The van der Waals surface area contributed by atoms with Crippen molar-refractivity contribution >= 4 is 43.6 Å². The molecular formula is C73H49F3N4. The smallest absolute Gasteiger partial charge is 0.309 e. The third-order valence-electron chi connectivity index (χ3n) is 16.0. The van der Waals surface area contributed by atoms with E-state index in [0.717, 1.165) is 122 Å². The summed E-state index contributed by atoms with van der Waals surface area (Å²) < 4.78 is 50.3. The van der Waals surface area contributed by atoms with Crippen LogP contribution in [0, 0.1) is 50.4 Å². The van der Waals surface area contributed by atoms with Crippen LogP contribution < -0.4 is 0 Å². The molecule has 0 aliphatic carbocycles. The fourth-order valence-electron chi connectivity index (χ4n) is 12.1. The molecule has 2 aromatic heterocycles. The Morgan fingerprint density at radius 3 is 0.988 bits per heavy atom. The Labute approximate surface area is 461 Å². The highest BCUT2D eigenvalue weighted by Gasteiger charge is 2.35. The first kappa shape index (κ1) is 49.4. The molecule has 0 aliphatic heterocycles. The second kappa shape index (κ2) is 19.4. The van der Waals surface area contributed by atoms with E-state index in [4.69, 9.17) is 0 Å². The molecule has 0 spiro atoms. The first-order valence-electron chi connectivity index (χ1n) is 26.6. The van der Waals surface area contributed by atoms with Gasteiger partial charge in [0.2, 0.25) is 0 Å². The van der Waals surface area contributed by atoms with Gasteiger partial charge in [-0.05, 0) is 197 Å². The number of nitrogens with zero attached hydrogens (tertiary/aromatic N) is 4. The summed E-state index contributed by atoms with van der Waals surface area (Å²) in [5.41, 5.74) is 19.2. The molecule has 4 nitrogen and oxygen atoms in total. The predicted octanol–water partition coefficient (Wildman–Crippen LogP) is 19.9. The van der Waals surface area contributed by atoms with Crippen LogP contribution in [0.1, 0.15) is 38.9 Å². The van der Waals surface area contributed by atoms with E-state index in [1.165, 1.54) is 12.1 Å². The molecule has 0 saturated carbocycles. The van der Waals surface area contributed by atoms with Gasteiger partial charge < -0.3 is 9.13 Å². The number of aromatic nitrogens is 2. The van der Waals surface area contributed by atoms with Gasteiger partial charge >= 0.3 is 6.18 Å². The van der Waals surface area contributed by atoms with E-state index in [-0.39, 0.29) is 11.1 Å². The number of alkyl halides is 3. The monoisotopic (exact) mass is 1040 g/mol. The van der Waals surface area contributed by atoms with Crippen LogP contribution in [0.15, 0.2) is 224 Å². The molecule has 0 N–H and O–H groups in total. The van der Waals surface area contributed by atoms with Gasteiger partial charge in [0.15, 0.2) is 0 Å². The molecule has 0 unspecified atom stereocenters. The topological polar surface area (TPSA) is 57.4 Å². The highest BCUT2D eigenvalue weighted by Crippen LogP contribution is 2.47. The van der Waals surface area contributed by atoms with Crippen LogP contribution in [-0.2, 0) is 6.18 Å². The van der Waals surface area contributed by atoms with E-state index in [0.29, 0.717) is 27.9 Å². The fourth-order valence-corrected chi connectivity index (χ4v) is 12.1. The highest BCUT2D eigenvalue weighted by atomic mass is 19.4. The molecule has 13 rings (SSSR count). The maximum atomic E-state index is 15.3. The lowest BCUT2D eigenvalue weighted by Crippen LogP contribution is -2.08. The molecule has 0 saturated heterocycles. The Hall–Kier alpha value is -10.2. The van der Waals surface area contributed by atoms with Gasteiger partial charge in [-0.1, -0.05) is 133 Å². The molecule has 7 heteroatoms. The lowest BCUT2D eigenvalue weighted by Gasteiger charge is -2.21. The second-order valence-corrected chi connectivity index (χ2v) is 20.8. The fraction of sp³-hybridized carbons (Fsp3) is 0.0685. The maximum absolute atomic E-state index is 15.3. The third-order valence-corrected chi connectivity index (χ3v) is 16.0. The summed E-state index contributed by atoms with van der Waals surface area (Å²) in [4.78, 5) is 0. The van der Waals surface area contributed by atoms with Gasteiger partial charge in [0, 0.05) is 32.7 Å². The number of nitriles is 2. The molecule has 11 aromatic carbocycles. The Morgan fingerprint density at radius 1 is 0.312 bits per heavy atom. The van der Waals surface area contributed by atoms with Crippen LogP contribution >= 0.6 is 0 Å². The number of halogens is 3. The van der Waals surface area contributed by atoms with Gasteiger partial charge in [-0.3, -0.25) is 0 Å². The first-order valence-corrected chi connectivity index (χ1v) is 26.6. The van der Waals surface area contributed by atoms with Gasteiger partial charge in [-0.15, -0.1) is 0 Å². The zero-order valence-corrected chi connectivity index (χ0v) is 44.3. The minimum Gasteiger partial charge on any atom is -0.309 e. The van der Waals surface area contributed by atoms with E-state index >= 15 is 13.2 Å². The van der Waals surface area contributed by atoms with Crippen molar-refractivity contribution in [1.29, 1.82) is 10.5 Å². The van der Waals surface area contributed by atoms with Crippen LogP contribution in [0.2, 0.25) is 0 Å². The zero-order chi connectivity index (χ0) is 55.0. The molecule has 0 fully saturated rings. The molecule has 0 radical (unpaired) electrons. The van der Waals surface area contributed by atoms with Crippen molar-refractivity contribution in [2.45, 2.75) is 33.9 Å². The van der Waals surface area contributed by atoms with Crippen molar-refractivity contribution in [3.63, 3.8) is 0 Å². The van der Waals surface area contributed by atoms with Gasteiger partial charge in [-0.25, -0.2) is 0 Å². The number of aryl methyl sites for hydroxylation is 4. The predicted molar refractivity (Wildman–Crippen MR) is 321 cm³/mol. The van der Waals surface area contributed by atoms with Crippen LogP contribution in [-0.4, -0.2) is 9.13 Å². The van der Waals surface area contributed by atoms with E-state index in [9.17, 15) is 10.5 Å². The van der Waals surface area contributed by atoms with Crippen LogP contribution in [0.3, 0.4) is 0 Å². The Balaban J connectivity index is 1.14. The van der Waals surface area contributed by atoms with E-state index in [1.54, 1.807) is 6.07 Å². The average molecular weight is 1040 g/mol. The molecule has 13 aromatic rings. The summed E-state index contributed by atoms with van der Waals surface area (Å²) >= 11 is 0. The minimum atomic E-state index is -4.78. The average Bonchev–Trinajstić information content (AvgIpc) is 4.21. The molecule has 0 amide bonds. The molecule has 0 atom stereocenters. The first-order chi connectivity index (χ1) is 38.9. The molecule has 2 heterocycles. The van der Waals surface area contributed by atoms with Crippen molar-refractivity contribution in [3.05, 3.63) is 263 Å². The molecular weight excluding hydrogens is 990 g/mol. The lowest BCUT2D eigenvalue weighted by molar-refractivity contribution is -0.137. The normalized spacial score (nSPS) is 11.7. The maximum Gasteiger partial charge on any atom is 0.417 e. The third kappa shape index (κ3) is 8.31. The van der Waals surface area contributed by atoms with Crippen molar-refractivity contribution in [3.8, 4) is 90.3 Å². The summed E-state index contributed by atoms with van der Waals surface area (Å²) in [5.74, 6) is 0. The van der Waals surface area contributed by atoms with Crippen molar-refractivity contribution in [2.75, 3.05) is 0 Å². The zero-order valence-electron chi connectivity index (χ0n) is 44.3. The SMILES string of the molecule is Cc1ccccc1-c1ccc2c(c1)c1cc(-c3ccccc3C)ccc1n2-c1ccc(C#N)cc1-c1cc(-c2ccc(C#N)cc2C(F)(F)F)ccc1-n1c2ccc(-c3ccccc3C)cc2c2cc(-c3ccccc3C)ccc21. The van der Waals surface area contributed by atoms with E-state index < -0.39 is 11.7 Å². The summed E-state index contributed by atoms with van der Waals surface area (Å²) in [5, 5.41) is 24.7. The highest BCUT2D eigenvalue weighted by molar-refractivity contribution is 6.14. The number of fused-ring (bicyclic) bond motifs is 6. The number of benzene rings is 11.